The minimum Gasteiger partial charge on any atom is -0.406 e. The molecule has 2 aromatic carbocycles. The van der Waals surface area contributed by atoms with Gasteiger partial charge in [-0.2, -0.15) is 0 Å². The number of carbonyl (C=O) groups is 1. The van der Waals surface area contributed by atoms with Crippen molar-refractivity contribution in [1.82, 2.24) is 9.97 Å². The SMILES string of the molecule is CN(c1ccc(CC(=O)Cc2ccc(OC(F)(F)F)cc2)cc1)c1ccnc(Cl)n1. The Morgan fingerprint density at radius 3 is 2.10 bits per heavy atom. The number of alkyl halides is 3. The second kappa shape index (κ2) is 9.13. The molecule has 0 aliphatic rings. The summed E-state index contributed by atoms with van der Waals surface area (Å²) >= 11 is 5.82. The lowest BCUT2D eigenvalue weighted by Crippen LogP contribution is -2.17. The van der Waals surface area contributed by atoms with Crippen LogP contribution in [0.5, 0.6) is 5.75 Å². The number of nitrogens with zero attached hydrogens (tertiary/aromatic N) is 3. The second-order valence-corrected chi connectivity index (χ2v) is 6.83. The molecule has 0 aliphatic carbocycles. The molecule has 1 aromatic heterocycles. The Balaban J connectivity index is 1.58. The molecule has 1 heterocycles. The topological polar surface area (TPSA) is 55.3 Å². The molecule has 0 spiro atoms. The molecular formula is C21H17ClF3N3O2. The maximum Gasteiger partial charge on any atom is 0.573 e. The van der Waals surface area contributed by atoms with Crippen LogP contribution in [0.1, 0.15) is 11.1 Å². The molecule has 0 N–H and O–H groups in total. The monoisotopic (exact) mass is 435 g/mol. The standard InChI is InChI=1S/C21H17ClF3N3O2/c1-28(19-10-11-26-20(22)27-19)16-6-2-14(3-7-16)12-17(29)13-15-4-8-18(9-5-15)30-21(23,24)25/h2-11H,12-13H2,1H3. The van der Waals surface area contributed by atoms with Gasteiger partial charge in [0.25, 0.3) is 0 Å². The molecule has 3 aromatic rings. The summed E-state index contributed by atoms with van der Waals surface area (Å²) in [5, 5.41) is 0.152. The number of hydrogen-bond donors (Lipinski definition) is 0. The van der Waals surface area contributed by atoms with Crippen LogP contribution in [0.15, 0.2) is 60.8 Å². The summed E-state index contributed by atoms with van der Waals surface area (Å²) in [5.41, 5.74) is 2.31. The zero-order valence-corrected chi connectivity index (χ0v) is 16.6. The highest BCUT2D eigenvalue weighted by atomic mass is 35.5. The fourth-order valence-electron chi connectivity index (χ4n) is 2.81. The van der Waals surface area contributed by atoms with Gasteiger partial charge in [0.15, 0.2) is 0 Å². The normalized spacial score (nSPS) is 11.2. The van der Waals surface area contributed by atoms with Crippen molar-refractivity contribution < 1.29 is 22.7 Å². The molecule has 9 heteroatoms. The molecule has 0 atom stereocenters. The number of hydrogen-bond acceptors (Lipinski definition) is 5. The molecule has 156 valence electrons. The van der Waals surface area contributed by atoms with Crippen LogP contribution >= 0.6 is 11.6 Å². The summed E-state index contributed by atoms with van der Waals surface area (Å²) in [6.07, 6.45) is -2.84. The third-order valence-electron chi connectivity index (χ3n) is 4.24. The minimum absolute atomic E-state index is 0.0526. The van der Waals surface area contributed by atoms with Crippen LogP contribution in [0, 0.1) is 0 Å². The van der Waals surface area contributed by atoms with E-state index in [4.69, 9.17) is 11.6 Å². The minimum atomic E-state index is -4.74. The van der Waals surface area contributed by atoms with Crippen LogP contribution in [0.25, 0.3) is 0 Å². The lowest BCUT2D eigenvalue weighted by Gasteiger charge is -2.18. The van der Waals surface area contributed by atoms with Crippen LogP contribution in [-0.4, -0.2) is 29.2 Å². The van der Waals surface area contributed by atoms with Gasteiger partial charge in [0.2, 0.25) is 5.28 Å². The van der Waals surface area contributed by atoms with Gasteiger partial charge >= 0.3 is 6.36 Å². The molecule has 30 heavy (non-hydrogen) atoms. The van der Waals surface area contributed by atoms with Crippen LogP contribution in [-0.2, 0) is 17.6 Å². The fraction of sp³-hybridized carbons (Fsp3) is 0.190. The molecule has 0 fully saturated rings. The largest absolute Gasteiger partial charge is 0.573 e. The Morgan fingerprint density at radius 2 is 1.57 bits per heavy atom. The van der Waals surface area contributed by atoms with Gasteiger partial charge in [0, 0.05) is 31.8 Å². The Labute approximate surface area is 176 Å². The van der Waals surface area contributed by atoms with E-state index < -0.39 is 6.36 Å². The maximum absolute atomic E-state index is 12.3. The number of ether oxygens (including phenoxy) is 1. The molecule has 0 saturated carbocycles. The van der Waals surface area contributed by atoms with E-state index in [2.05, 4.69) is 14.7 Å². The molecule has 3 rings (SSSR count). The zero-order chi connectivity index (χ0) is 21.7. The fourth-order valence-corrected chi connectivity index (χ4v) is 2.95. The van der Waals surface area contributed by atoms with Crippen molar-refractivity contribution in [2.45, 2.75) is 19.2 Å². The van der Waals surface area contributed by atoms with Gasteiger partial charge in [-0.3, -0.25) is 4.79 Å². The summed E-state index contributed by atoms with van der Waals surface area (Å²) in [6, 6.07) is 14.4. The van der Waals surface area contributed by atoms with Gasteiger partial charge < -0.3 is 9.64 Å². The molecule has 0 bridgehead atoms. The number of aromatic nitrogens is 2. The quantitative estimate of drug-likeness (QED) is 0.480. The van der Waals surface area contributed by atoms with Gasteiger partial charge in [-0.1, -0.05) is 24.3 Å². The van der Waals surface area contributed by atoms with Gasteiger partial charge in [0.05, 0.1) is 0 Å². The first kappa shape index (κ1) is 21.6. The van der Waals surface area contributed by atoms with Crippen molar-refractivity contribution in [3.8, 4) is 5.75 Å². The summed E-state index contributed by atoms with van der Waals surface area (Å²) in [6.45, 7) is 0. The van der Waals surface area contributed by atoms with Crippen molar-refractivity contribution in [2.24, 2.45) is 0 Å². The number of carbonyl (C=O) groups excluding carboxylic acids is 1. The van der Waals surface area contributed by atoms with Crippen molar-refractivity contribution in [3.63, 3.8) is 0 Å². The zero-order valence-electron chi connectivity index (χ0n) is 15.9. The Morgan fingerprint density at radius 1 is 1.00 bits per heavy atom. The van der Waals surface area contributed by atoms with Gasteiger partial charge in [-0.25, -0.2) is 9.97 Å². The number of ketones is 1. The molecular weight excluding hydrogens is 419 g/mol. The molecule has 0 radical (unpaired) electrons. The number of halogens is 4. The highest BCUT2D eigenvalue weighted by Crippen LogP contribution is 2.24. The number of rotatable bonds is 7. The summed E-state index contributed by atoms with van der Waals surface area (Å²) in [7, 11) is 1.84. The number of benzene rings is 2. The predicted octanol–water partition coefficient (Wildman–Crippen LogP) is 5.15. The van der Waals surface area contributed by atoms with Gasteiger partial charge in [-0.05, 0) is 53.1 Å². The molecule has 0 saturated heterocycles. The lowest BCUT2D eigenvalue weighted by molar-refractivity contribution is -0.274. The van der Waals surface area contributed by atoms with Crippen molar-refractivity contribution in [3.05, 3.63) is 77.2 Å². The van der Waals surface area contributed by atoms with Crippen LogP contribution in [0.3, 0.4) is 0 Å². The van der Waals surface area contributed by atoms with Crippen LogP contribution in [0.4, 0.5) is 24.7 Å². The van der Waals surface area contributed by atoms with E-state index >= 15 is 0 Å². The van der Waals surface area contributed by atoms with Crippen molar-refractivity contribution >= 4 is 28.9 Å². The first-order valence-electron chi connectivity index (χ1n) is 8.87. The third-order valence-corrected chi connectivity index (χ3v) is 4.42. The highest BCUT2D eigenvalue weighted by Gasteiger charge is 2.30. The van der Waals surface area contributed by atoms with E-state index in [9.17, 15) is 18.0 Å². The van der Waals surface area contributed by atoms with E-state index in [-0.39, 0.29) is 29.7 Å². The molecule has 0 unspecified atom stereocenters. The van der Waals surface area contributed by atoms with E-state index in [1.807, 2.05) is 36.2 Å². The van der Waals surface area contributed by atoms with Crippen LogP contribution < -0.4 is 9.64 Å². The molecule has 5 nitrogen and oxygen atoms in total. The first-order valence-corrected chi connectivity index (χ1v) is 9.25. The second-order valence-electron chi connectivity index (χ2n) is 6.49. The van der Waals surface area contributed by atoms with E-state index in [0.29, 0.717) is 11.4 Å². The molecule has 0 aliphatic heterocycles. The summed E-state index contributed by atoms with van der Waals surface area (Å²) in [5.74, 6) is 0.267. The first-order chi connectivity index (χ1) is 14.2. The summed E-state index contributed by atoms with van der Waals surface area (Å²) < 4.78 is 40.4. The van der Waals surface area contributed by atoms with E-state index in [1.165, 1.54) is 24.3 Å². The Kier molecular flexibility index (Phi) is 6.56. The third kappa shape index (κ3) is 6.18. The molecule has 0 amide bonds. The van der Waals surface area contributed by atoms with Gasteiger partial charge in [-0.15, -0.1) is 13.2 Å². The van der Waals surface area contributed by atoms with E-state index in [0.717, 1.165) is 11.3 Å². The van der Waals surface area contributed by atoms with Crippen LogP contribution in [0.2, 0.25) is 5.28 Å². The lowest BCUT2D eigenvalue weighted by atomic mass is 10.0. The highest BCUT2D eigenvalue weighted by molar-refractivity contribution is 6.28. The van der Waals surface area contributed by atoms with E-state index in [1.54, 1.807) is 12.3 Å². The maximum atomic E-state index is 12.3. The average molecular weight is 436 g/mol. The van der Waals surface area contributed by atoms with Crippen molar-refractivity contribution in [2.75, 3.05) is 11.9 Å². The van der Waals surface area contributed by atoms with Crippen molar-refractivity contribution in [1.29, 1.82) is 0 Å². The smallest absolute Gasteiger partial charge is 0.406 e. The van der Waals surface area contributed by atoms with Gasteiger partial charge in [0.1, 0.15) is 17.4 Å². The Bertz CT molecular complexity index is 1010. The Hall–Kier alpha value is -3.13. The summed E-state index contributed by atoms with van der Waals surface area (Å²) in [4.78, 5) is 22.2. The number of anilines is 2. The predicted molar refractivity (Wildman–Crippen MR) is 107 cm³/mol. The average Bonchev–Trinajstić information content (AvgIpc) is 2.68. The number of Topliss-reactive ketones (excluding diaryl/α,β-unsaturated/α-hetero) is 1.